The summed E-state index contributed by atoms with van der Waals surface area (Å²) in [6.45, 7) is 5.62. The number of carbonyl (C=O) groups is 1. The zero-order chi connectivity index (χ0) is 18.6. The topological polar surface area (TPSA) is 76.6 Å². The number of thiazole rings is 1. The molecule has 2 rings (SSSR count). The van der Waals surface area contributed by atoms with Gasteiger partial charge in [0.15, 0.2) is 5.69 Å². The molecular weight excluding hydrogens is 384 g/mol. The molecule has 9 heteroatoms. The number of halogens is 1. The third kappa shape index (κ3) is 4.78. The van der Waals surface area contributed by atoms with Crippen molar-refractivity contribution in [3.8, 4) is 0 Å². The number of rotatable bonds is 7. The molecule has 0 aliphatic carbocycles. The first-order valence-corrected chi connectivity index (χ1v) is 10.3. The summed E-state index contributed by atoms with van der Waals surface area (Å²) in [7, 11) is -3.71. The summed E-state index contributed by atoms with van der Waals surface area (Å²) < 4.78 is 32.0. The van der Waals surface area contributed by atoms with Crippen LogP contribution in [0, 0.1) is 0 Å². The van der Waals surface area contributed by atoms with Gasteiger partial charge in [0.2, 0.25) is 10.0 Å². The standard InChI is InChI=1S/C16H19ClN2O4S2/c1-4-23-16(20)14-10-24-15(18-14)9-19(11(2)3)25(21,22)13-7-5-12(17)6-8-13/h5-8,10-11H,4,9H2,1-3H3. The molecule has 1 heterocycles. The van der Waals surface area contributed by atoms with Gasteiger partial charge in [0.05, 0.1) is 18.0 Å². The first-order valence-electron chi connectivity index (χ1n) is 7.64. The van der Waals surface area contributed by atoms with Crippen LogP contribution in [0.1, 0.15) is 36.3 Å². The first-order chi connectivity index (χ1) is 11.8. The fourth-order valence-corrected chi connectivity index (χ4v) is 4.67. The van der Waals surface area contributed by atoms with Gasteiger partial charge in [-0.3, -0.25) is 0 Å². The number of sulfonamides is 1. The first kappa shape index (κ1) is 19.8. The van der Waals surface area contributed by atoms with E-state index in [1.54, 1.807) is 26.2 Å². The number of esters is 1. The summed E-state index contributed by atoms with van der Waals surface area (Å²) in [5.41, 5.74) is 0.189. The quantitative estimate of drug-likeness (QED) is 0.661. The largest absolute Gasteiger partial charge is 0.461 e. The maximum Gasteiger partial charge on any atom is 0.357 e. The van der Waals surface area contributed by atoms with Crippen molar-refractivity contribution < 1.29 is 17.9 Å². The van der Waals surface area contributed by atoms with E-state index >= 15 is 0 Å². The van der Waals surface area contributed by atoms with Crippen molar-refractivity contribution in [1.29, 1.82) is 0 Å². The highest BCUT2D eigenvalue weighted by molar-refractivity contribution is 7.89. The van der Waals surface area contributed by atoms with Gasteiger partial charge in [-0.25, -0.2) is 18.2 Å². The molecule has 0 N–H and O–H groups in total. The summed E-state index contributed by atoms with van der Waals surface area (Å²) in [6.07, 6.45) is 0. The highest BCUT2D eigenvalue weighted by Crippen LogP contribution is 2.24. The van der Waals surface area contributed by atoms with Gasteiger partial charge in [-0.2, -0.15) is 4.31 Å². The second-order valence-electron chi connectivity index (χ2n) is 5.44. The Balaban J connectivity index is 2.27. The molecular formula is C16H19ClN2O4S2. The predicted octanol–water partition coefficient (Wildman–Crippen LogP) is 3.57. The van der Waals surface area contributed by atoms with Crippen LogP contribution in [0.4, 0.5) is 0 Å². The lowest BCUT2D eigenvalue weighted by molar-refractivity contribution is 0.0520. The van der Waals surface area contributed by atoms with E-state index in [2.05, 4.69) is 4.98 Å². The Morgan fingerprint density at radius 3 is 2.52 bits per heavy atom. The van der Waals surface area contributed by atoms with Crippen molar-refractivity contribution in [3.63, 3.8) is 0 Å². The smallest absolute Gasteiger partial charge is 0.357 e. The lowest BCUT2D eigenvalue weighted by atomic mass is 10.4. The van der Waals surface area contributed by atoms with Crippen molar-refractivity contribution in [3.05, 3.63) is 45.4 Å². The van der Waals surface area contributed by atoms with E-state index in [-0.39, 0.29) is 29.8 Å². The summed E-state index contributed by atoms with van der Waals surface area (Å²) in [5, 5.41) is 2.56. The monoisotopic (exact) mass is 402 g/mol. The molecule has 0 aliphatic heterocycles. The number of nitrogens with zero attached hydrogens (tertiary/aromatic N) is 2. The molecule has 0 unspecified atom stereocenters. The average Bonchev–Trinajstić information content (AvgIpc) is 3.01. The number of hydrogen-bond acceptors (Lipinski definition) is 6. The van der Waals surface area contributed by atoms with Gasteiger partial charge in [-0.15, -0.1) is 11.3 Å². The molecule has 136 valence electrons. The molecule has 0 bridgehead atoms. The highest BCUT2D eigenvalue weighted by Gasteiger charge is 2.28. The van der Waals surface area contributed by atoms with Crippen LogP contribution in [0.3, 0.4) is 0 Å². The minimum Gasteiger partial charge on any atom is -0.461 e. The number of carbonyl (C=O) groups excluding carboxylic acids is 1. The molecule has 0 aliphatic rings. The lowest BCUT2D eigenvalue weighted by Crippen LogP contribution is -2.36. The van der Waals surface area contributed by atoms with Crippen LogP contribution in [0.25, 0.3) is 0 Å². The second-order valence-corrected chi connectivity index (χ2v) is 8.71. The van der Waals surface area contributed by atoms with E-state index in [4.69, 9.17) is 16.3 Å². The Bertz CT molecular complexity index is 832. The molecule has 0 saturated carbocycles. The highest BCUT2D eigenvalue weighted by atomic mass is 35.5. The minimum absolute atomic E-state index is 0.0761. The van der Waals surface area contributed by atoms with E-state index in [0.717, 1.165) is 0 Å². The zero-order valence-corrected chi connectivity index (χ0v) is 16.5. The average molecular weight is 403 g/mol. The minimum atomic E-state index is -3.71. The van der Waals surface area contributed by atoms with Crippen LogP contribution < -0.4 is 0 Å². The van der Waals surface area contributed by atoms with Crippen LogP contribution in [0.5, 0.6) is 0 Å². The van der Waals surface area contributed by atoms with Gasteiger partial charge < -0.3 is 4.74 Å². The van der Waals surface area contributed by atoms with E-state index in [9.17, 15) is 13.2 Å². The molecule has 2 aromatic rings. The third-order valence-corrected chi connectivity index (χ3v) is 6.45. The number of benzene rings is 1. The van der Waals surface area contributed by atoms with Gasteiger partial charge in [0.25, 0.3) is 0 Å². The van der Waals surface area contributed by atoms with Crippen LogP contribution in [-0.4, -0.2) is 36.3 Å². The van der Waals surface area contributed by atoms with Gasteiger partial charge in [0.1, 0.15) is 5.01 Å². The maximum atomic E-state index is 12.9. The Morgan fingerprint density at radius 2 is 1.96 bits per heavy atom. The fourth-order valence-electron chi connectivity index (χ4n) is 2.10. The van der Waals surface area contributed by atoms with Crippen LogP contribution >= 0.6 is 22.9 Å². The SMILES string of the molecule is CCOC(=O)c1csc(CN(C(C)C)S(=O)(=O)c2ccc(Cl)cc2)n1. The van der Waals surface area contributed by atoms with Gasteiger partial charge in [-0.1, -0.05) is 11.6 Å². The lowest BCUT2D eigenvalue weighted by Gasteiger charge is -2.25. The fraction of sp³-hybridized carbons (Fsp3) is 0.375. The van der Waals surface area contributed by atoms with Crippen molar-refractivity contribution in [2.24, 2.45) is 0 Å². The summed E-state index contributed by atoms with van der Waals surface area (Å²) in [5.74, 6) is -0.512. The Morgan fingerprint density at radius 1 is 1.32 bits per heavy atom. The molecule has 0 amide bonds. The van der Waals surface area contributed by atoms with E-state index in [1.165, 1.54) is 39.9 Å². The molecule has 0 radical (unpaired) electrons. The summed E-state index contributed by atoms with van der Waals surface area (Å²) in [6, 6.07) is 5.73. The van der Waals surface area contributed by atoms with E-state index in [1.807, 2.05) is 0 Å². The summed E-state index contributed by atoms with van der Waals surface area (Å²) >= 11 is 7.06. The zero-order valence-electron chi connectivity index (χ0n) is 14.1. The number of hydrogen-bond donors (Lipinski definition) is 0. The molecule has 0 fully saturated rings. The molecule has 1 aromatic heterocycles. The van der Waals surface area contributed by atoms with Crippen molar-refractivity contribution in [2.75, 3.05) is 6.61 Å². The maximum absolute atomic E-state index is 12.9. The predicted molar refractivity (Wildman–Crippen MR) is 97.4 cm³/mol. The number of ether oxygens (including phenoxy) is 1. The molecule has 25 heavy (non-hydrogen) atoms. The number of aromatic nitrogens is 1. The van der Waals surface area contributed by atoms with E-state index in [0.29, 0.717) is 10.0 Å². The Kier molecular flexibility index (Phi) is 6.56. The molecule has 6 nitrogen and oxygen atoms in total. The summed E-state index contributed by atoms with van der Waals surface area (Å²) in [4.78, 5) is 16.1. The molecule has 0 atom stereocenters. The third-order valence-electron chi connectivity index (χ3n) is 3.32. The van der Waals surface area contributed by atoms with E-state index < -0.39 is 16.0 Å². The Hall–Kier alpha value is -1.48. The van der Waals surface area contributed by atoms with Crippen molar-refractivity contribution in [1.82, 2.24) is 9.29 Å². The second kappa shape index (κ2) is 8.27. The molecule has 0 saturated heterocycles. The Labute approximate surface area is 156 Å². The molecule has 1 aromatic carbocycles. The van der Waals surface area contributed by atoms with Crippen LogP contribution in [0.15, 0.2) is 34.5 Å². The van der Waals surface area contributed by atoms with Gasteiger partial charge in [0, 0.05) is 16.4 Å². The van der Waals surface area contributed by atoms with Crippen LogP contribution in [0.2, 0.25) is 5.02 Å². The van der Waals surface area contributed by atoms with Gasteiger partial charge in [-0.05, 0) is 45.0 Å². The molecule has 0 spiro atoms. The van der Waals surface area contributed by atoms with Crippen molar-refractivity contribution >= 4 is 38.9 Å². The van der Waals surface area contributed by atoms with Crippen LogP contribution in [-0.2, 0) is 21.3 Å². The van der Waals surface area contributed by atoms with Crippen molar-refractivity contribution in [2.45, 2.75) is 38.3 Å². The van der Waals surface area contributed by atoms with Gasteiger partial charge >= 0.3 is 5.97 Å². The normalized spacial score (nSPS) is 11.9.